The summed E-state index contributed by atoms with van der Waals surface area (Å²) in [6.07, 6.45) is 7.33. The van der Waals surface area contributed by atoms with Gasteiger partial charge in [-0.05, 0) is 44.5 Å². The van der Waals surface area contributed by atoms with Gasteiger partial charge in [0.1, 0.15) is 0 Å². The largest absolute Gasteiger partial charge is 0.316 e. The molecular formula is C15H25N3. The van der Waals surface area contributed by atoms with Crippen LogP contribution < -0.4 is 5.32 Å². The van der Waals surface area contributed by atoms with Crippen LogP contribution in [-0.4, -0.2) is 29.5 Å². The van der Waals surface area contributed by atoms with Crippen LogP contribution in [0.2, 0.25) is 0 Å². The Kier molecular flexibility index (Phi) is 5.14. The minimum Gasteiger partial charge on any atom is -0.316 e. The van der Waals surface area contributed by atoms with Crippen LogP contribution in [0, 0.1) is 0 Å². The fourth-order valence-corrected chi connectivity index (χ4v) is 2.26. The summed E-state index contributed by atoms with van der Waals surface area (Å²) in [5.41, 5.74) is 2.46. The molecule has 1 aliphatic carbocycles. The number of pyridine rings is 1. The predicted molar refractivity (Wildman–Crippen MR) is 75.3 cm³/mol. The second-order valence-corrected chi connectivity index (χ2v) is 5.24. The van der Waals surface area contributed by atoms with Crippen molar-refractivity contribution < 1.29 is 0 Å². The van der Waals surface area contributed by atoms with Crippen molar-refractivity contribution in [2.75, 3.05) is 13.6 Å². The van der Waals surface area contributed by atoms with E-state index >= 15 is 0 Å². The molecule has 100 valence electrons. The SMILES string of the molecule is CCCCN(Cc1ccc(CNC)cn1)C1CC1. The lowest BCUT2D eigenvalue weighted by Crippen LogP contribution is -2.27. The van der Waals surface area contributed by atoms with Gasteiger partial charge >= 0.3 is 0 Å². The fourth-order valence-electron chi connectivity index (χ4n) is 2.26. The molecule has 3 nitrogen and oxygen atoms in total. The molecule has 0 radical (unpaired) electrons. The van der Waals surface area contributed by atoms with E-state index in [0.29, 0.717) is 0 Å². The first-order valence-corrected chi connectivity index (χ1v) is 7.16. The number of aromatic nitrogens is 1. The van der Waals surface area contributed by atoms with Gasteiger partial charge in [0.05, 0.1) is 5.69 Å². The van der Waals surface area contributed by atoms with Crippen LogP contribution in [0.5, 0.6) is 0 Å². The number of hydrogen-bond acceptors (Lipinski definition) is 3. The molecule has 3 heteroatoms. The quantitative estimate of drug-likeness (QED) is 0.765. The Hall–Kier alpha value is -0.930. The topological polar surface area (TPSA) is 28.2 Å². The van der Waals surface area contributed by atoms with Crippen molar-refractivity contribution in [1.29, 1.82) is 0 Å². The Morgan fingerprint density at radius 2 is 2.22 bits per heavy atom. The third kappa shape index (κ3) is 4.07. The van der Waals surface area contributed by atoms with Gasteiger partial charge in [-0.3, -0.25) is 9.88 Å². The van der Waals surface area contributed by atoms with E-state index in [-0.39, 0.29) is 0 Å². The van der Waals surface area contributed by atoms with Crippen LogP contribution >= 0.6 is 0 Å². The Labute approximate surface area is 111 Å². The maximum atomic E-state index is 4.57. The molecule has 0 spiro atoms. The highest BCUT2D eigenvalue weighted by Gasteiger charge is 2.28. The highest BCUT2D eigenvalue weighted by atomic mass is 15.2. The summed E-state index contributed by atoms with van der Waals surface area (Å²) in [7, 11) is 1.97. The standard InChI is InChI=1S/C15H25N3/c1-3-4-9-18(15-7-8-15)12-14-6-5-13(10-16-2)11-17-14/h5-6,11,15-16H,3-4,7-10,12H2,1-2H3. The minimum absolute atomic E-state index is 0.829. The predicted octanol–water partition coefficient (Wildman–Crippen LogP) is 2.57. The molecule has 0 bridgehead atoms. The Balaban J connectivity index is 1.89. The molecule has 1 aromatic rings. The van der Waals surface area contributed by atoms with E-state index in [1.807, 2.05) is 13.2 Å². The molecule has 1 aromatic heterocycles. The second-order valence-electron chi connectivity index (χ2n) is 5.24. The average Bonchev–Trinajstić information content (AvgIpc) is 3.21. The van der Waals surface area contributed by atoms with E-state index in [2.05, 4.69) is 34.3 Å². The van der Waals surface area contributed by atoms with E-state index in [0.717, 1.165) is 19.1 Å². The van der Waals surface area contributed by atoms with Crippen LogP contribution in [0.1, 0.15) is 43.9 Å². The highest BCUT2D eigenvalue weighted by Crippen LogP contribution is 2.28. The number of nitrogens with one attached hydrogen (secondary N) is 1. The smallest absolute Gasteiger partial charge is 0.0544 e. The first-order valence-electron chi connectivity index (χ1n) is 7.16. The van der Waals surface area contributed by atoms with Crippen molar-refractivity contribution >= 4 is 0 Å². The zero-order valence-corrected chi connectivity index (χ0v) is 11.7. The van der Waals surface area contributed by atoms with Crippen LogP contribution in [0.15, 0.2) is 18.3 Å². The van der Waals surface area contributed by atoms with Crippen molar-refractivity contribution in [3.8, 4) is 0 Å². The first kappa shape index (κ1) is 13.5. The Bertz CT molecular complexity index is 343. The molecule has 0 aromatic carbocycles. The molecule has 1 fully saturated rings. The van der Waals surface area contributed by atoms with Crippen molar-refractivity contribution in [1.82, 2.24) is 15.2 Å². The molecule has 0 unspecified atom stereocenters. The molecule has 0 amide bonds. The number of unbranched alkanes of at least 4 members (excludes halogenated alkanes) is 1. The fraction of sp³-hybridized carbons (Fsp3) is 0.667. The summed E-state index contributed by atoms with van der Waals surface area (Å²) in [4.78, 5) is 7.17. The molecule has 1 aliphatic rings. The summed E-state index contributed by atoms with van der Waals surface area (Å²) >= 11 is 0. The van der Waals surface area contributed by atoms with Gasteiger partial charge in [0.15, 0.2) is 0 Å². The second kappa shape index (κ2) is 6.86. The lowest BCUT2D eigenvalue weighted by molar-refractivity contribution is 0.248. The van der Waals surface area contributed by atoms with Crippen LogP contribution in [0.3, 0.4) is 0 Å². The normalized spacial score (nSPS) is 15.3. The van der Waals surface area contributed by atoms with E-state index in [1.54, 1.807) is 0 Å². The number of rotatable bonds is 8. The van der Waals surface area contributed by atoms with Gasteiger partial charge in [-0.25, -0.2) is 0 Å². The van der Waals surface area contributed by atoms with Gasteiger partial charge in [-0.15, -0.1) is 0 Å². The maximum absolute atomic E-state index is 4.57. The van der Waals surface area contributed by atoms with Crippen LogP contribution in [0.25, 0.3) is 0 Å². The van der Waals surface area contributed by atoms with Gasteiger partial charge in [-0.2, -0.15) is 0 Å². The molecule has 1 heterocycles. The summed E-state index contributed by atoms with van der Waals surface area (Å²) in [5.74, 6) is 0. The van der Waals surface area contributed by atoms with Crippen molar-refractivity contribution in [3.05, 3.63) is 29.6 Å². The van der Waals surface area contributed by atoms with E-state index in [1.165, 1.54) is 43.5 Å². The molecule has 2 rings (SSSR count). The number of nitrogens with zero attached hydrogens (tertiary/aromatic N) is 2. The van der Waals surface area contributed by atoms with Gasteiger partial charge in [-0.1, -0.05) is 19.4 Å². The zero-order valence-electron chi connectivity index (χ0n) is 11.7. The van der Waals surface area contributed by atoms with Gasteiger partial charge in [0.2, 0.25) is 0 Å². The molecule has 1 saturated carbocycles. The van der Waals surface area contributed by atoms with Crippen LogP contribution in [-0.2, 0) is 13.1 Å². The lowest BCUT2D eigenvalue weighted by atomic mass is 10.2. The minimum atomic E-state index is 0.829. The van der Waals surface area contributed by atoms with Crippen molar-refractivity contribution in [2.24, 2.45) is 0 Å². The molecular weight excluding hydrogens is 222 g/mol. The Morgan fingerprint density at radius 1 is 1.39 bits per heavy atom. The summed E-state index contributed by atoms with van der Waals surface area (Å²) in [5, 5.41) is 3.15. The number of hydrogen-bond donors (Lipinski definition) is 1. The third-order valence-corrected chi connectivity index (χ3v) is 3.49. The van der Waals surface area contributed by atoms with E-state index in [4.69, 9.17) is 0 Å². The zero-order chi connectivity index (χ0) is 12.8. The summed E-state index contributed by atoms with van der Waals surface area (Å²) < 4.78 is 0. The van der Waals surface area contributed by atoms with Crippen molar-refractivity contribution in [2.45, 2.75) is 51.7 Å². The van der Waals surface area contributed by atoms with E-state index < -0.39 is 0 Å². The third-order valence-electron chi connectivity index (χ3n) is 3.49. The van der Waals surface area contributed by atoms with Crippen LogP contribution in [0.4, 0.5) is 0 Å². The summed E-state index contributed by atoms with van der Waals surface area (Å²) in [6, 6.07) is 5.19. The lowest BCUT2D eigenvalue weighted by Gasteiger charge is -2.21. The Morgan fingerprint density at radius 3 is 2.78 bits per heavy atom. The van der Waals surface area contributed by atoms with Gasteiger partial charge in [0, 0.05) is 25.3 Å². The monoisotopic (exact) mass is 247 g/mol. The highest BCUT2D eigenvalue weighted by molar-refractivity contribution is 5.14. The molecule has 0 atom stereocenters. The molecule has 18 heavy (non-hydrogen) atoms. The van der Waals surface area contributed by atoms with Gasteiger partial charge < -0.3 is 5.32 Å². The molecule has 0 saturated heterocycles. The van der Waals surface area contributed by atoms with E-state index in [9.17, 15) is 0 Å². The maximum Gasteiger partial charge on any atom is 0.0544 e. The van der Waals surface area contributed by atoms with Gasteiger partial charge in [0.25, 0.3) is 0 Å². The van der Waals surface area contributed by atoms with Crippen molar-refractivity contribution in [3.63, 3.8) is 0 Å². The first-order chi connectivity index (χ1) is 8.83. The summed E-state index contributed by atoms with van der Waals surface area (Å²) in [6.45, 7) is 5.40. The molecule has 1 N–H and O–H groups in total. The molecule has 0 aliphatic heterocycles. The average molecular weight is 247 g/mol.